The topological polar surface area (TPSA) is 34.1 Å². The molecule has 0 aromatic heterocycles. The second-order valence-corrected chi connectivity index (χ2v) is 7.22. The molecule has 0 amide bonds. The number of anilines is 1. The fraction of sp³-hybridized carbons (Fsp3) is 0.208. The summed E-state index contributed by atoms with van der Waals surface area (Å²) in [4.78, 5) is 0. The van der Waals surface area contributed by atoms with Crippen LogP contribution in [0.15, 0.2) is 77.9 Å². The lowest BCUT2D eigenvalue weighted by molar-refractivity contribution is 0.171. The lowest BCUT2D eigenvalue weighted by Gasteiger charge is -2.24. The third kappa shape index (κ3) is 3.11. The molecule has 0 fully saturated rings. The highest BCUT2D eigenvalue weighted by molar-refractivity contribution is 6.03. The molecule has 28 heavy (non-hydrogen) atoms. The van der Waals surface area contributed by atoms with E-state index in [2.05, 4.69) is 66.5 Å². The maximum atomic E-state index is 5.77. The molecule has 1 unspecified atom stereocenters. The van der Waals surface area contributed by atoms with Gasteiger partial charge in [-0.15, -0.1) is 0 Å². The van der Waals surface area contributed by atoms with E-state index in [1.54, 1.807) is 0 Å². The molecule has 1 atom stereocenters. The van der Waals surface area contributed by atoms with Gasteiger partial charge in [0.15, 0.2) is 11.5 Å². The highest BCUT2D eigenvalue weighted by Gasteiger charge is 2.30. The number of rotatable bonds is 3. The maximum Gasteiger partial charge on any atom is 0.162 e. The van der Waals surface area contributed by atoms with Crippen molar-refractivity contribution in [3.63, 3.8) is 0 Å². The minimum Gasteiger partial charge on any atom is -0.486 e. The summed E-state index contributed by atoms with van der Waals surface area (Å²) in [6, 6.07) is 25.4. The summed E-state index contributed by atoms with van der Waals surface area (Å²) in [5, 5.41) is 7.15. The van der Waals surface area contributed by atoms with Gasteiger partial charge in [0, 0.05) is 12.0 Å². The molecular weight excluding hydrogens is 348 g/mol. The average Bonchev–Trinajstić information content (AvgIpc) is 3.20. The third-order valence-corrected chi connectivity index (χ3v) is 5.27. The first-order valence-electron chi connectivity index (χ1n) is 9.66. The van der Waals surface area contributed by atoms with Crippen molar-refractivity contribution in [3.05, 3.63) is 89.5 Å². The van der Waals surface area contributed by atoms with E-state index in [9.17, 15) is 0 Å². The largest absolute Gasteiger partial charge is 0.486 e. The van der Waals surface area contributed by atoms with Gasteiger partial charge in [0.25, 0.3) is 0 Å². The van der Waals surface area contributed by atoms with E-state index in [4.69, 9.17) is 14.6 Å². The fourth-order valence-electron chi connectivity index (χ4n) is 3.77. The van der Waals surface area contributed by atoms with E-state index >= 15 is 0 Å². The lowest BCUT2D eigenvalue weighted by atomic mass is 9.97. The molecule has 0 radical (unpaired) electrons. The van der Waals surface area contributed by atoms with Gasteiger partial charge in [0.1, 0.15) is 13.2 Å². The Morgan fingerprint density at radius 2 is 1.61 bits per heavy atom. The summed E-state index contributed by atoms with van der Waals surface area (Å²) in [6.45, 7) is 3.31. The number of nitrogens with zero attached hydrogens (tertiary/aromatic N) is 2. The Hall–Kier alpha value is -3.27. The van der Waals surface area contributed by atoms with Crippen molar-refractivity contribution >= 4 is 11.4 Å². The third-order valence-electron chi connectivity index (χ3n) is 5.27. The van der Waals surface area contributed by atoms with E-state index in [1.165, 1.54) is 11.1 Å². The van der Waals surface area contributed by atoms with E-state index in [-0.39, 0.29) is 6.04 Å². The van der Waals surface area contributed by atoms with E-state index in [0.29, 0.717) is 13.2 Å². The minimum atomic E-state index is 0.172. The highest BCUT2D eigenvalue weighted by Crippen LogP contribution is 2.38. The predicted octanol–water partition coefficient (Wildman–Crippen LogP) is 5.12. The Morgan fingerprint density at radius 1 is 0.857 bits per heavy atom. The van der Waals surface area contributed by atoms with Crippen molar-refractivity contribution in [2.75, 3.05) is 18.2 Å². The van der Waals surface area contributed by atoms with Gasteiger partial charge < -0.3 is 9.47 Å². The highest BCUT2D eigenvalue weighted by atomic mass is 16.6. The molecule has 0 saturated carbocycles. The second kappa shape index (κ2) is 7.04. The van der Waals surface area contributed by atoms with Crippen molar-refractivity contribution in [2.45, 2.75) is 19.4 Å². The van der Waals surface area contributed by atoms with Crippen LogP contribution in [0.25, 0.3) is 0 Å². The van der Waals surface area contributed by atoms with Crippen LogP contribution >= 0.6 is 0 Å². The zero-order chi connectivity index (χ0) is 18.9. The molecule has 4 nitrogen and oxygen atoms in total. The molecule has 140 valence electrons. The molecule has 0 aliphatic carbocycles. The quantitative estimate of drug-likeness (QED) is 0.641. The van der Waals surface area contributed by atoms with Gasteiger partial charge in [-0.05, 0) is 42.8 Å². The standard InChI is InChI=1S/C24H22N2O2/c1-17-7-9-18(10-8-17)22-16-21(25-26(22)20-5-3-2-4-6-20)19-11-12-23-24(15-19)28-14-13-27-23/h2-12,15,22H,13-14,16H2,1H3. The molecule has 2 aliphatic rings. The van der Waals surface area contributed by atoms with Crippen LogP contribution in [0.4, 0.5) is 5.69 Å². The Kier molecular flexibility index (Phi) is 4.24. The van der Waals surface area contributed by atoms with Gasteiger partial charge in [0.2, 0.25) is 0 Å². The molecule has 4 heteroatoms. The van der Waals surface area contributed by atoms with Crippen molar-refractivity contribution in [3.8, 4) is 11.5 Å². The smallest absolute Gasteiger partial charge is 0.162 e. The van der Waals surface area contributed by atoms with Gasteiger partial charge >= 0.3 is 0 Å². The van der Waals surface area contributed by atoms with E-state index < -0.39 is 0 Å². The number of hydrazone groups is 1. The van der Waals surface area contributed by atoms with E-state index in [1.807, 2.05) is 18.2 Å². The van der Waals surface area contributed by atoms with Gasteiger partial charge in [-0.1, -0.05) is 48.0 Å². The van der Waals surface area contributed by atoms with Crippen LogP contribution in [0.1, 0.15) is 29.2 Å². The molecule has 0 N–H and O–H groups in total. The number of hydrogen-bond donors (Lipinski definition) is 0. The maximum absolute atomic E-state index is 5.77. The van der Waals surface area contributed by atoms with Gasteiger partial charge in [0.05, 0.1) is 17.4 Å². The van der Waals surface area contributed by atoms with Crippen LogP contribution < -0.4 is 14.5 Å². The van der Waals surface area contributed by atoms with Gasteiger partial charge in [-0.25, -0.2) is 0 Å². The number of hydrogen-bond acceptors (Lipinski definition) is 4. The van der Waals surface area contributed by atoms with Crippen molar-refractivity contribution < 1.29 is 9.47 Å². The van der Waals surface area contributed by atoms with Crippen LogP contribution in [-0.4, -0.2) is 18.9 Å². The number of para-hydroxylation sites is 1. The molecule has 2 heterocycles. The number of benzene rings is 3. The summed E-state index contributed by atoms with van der Waals surface area (Å²) in [5.74, 6) is 1.61. The van der Waals surface area contributed by atoms with Crippen molar-refractivity contribution in [1.29, 1.82) is 0 Å². The Bertz CT molecular complexity index is 1010. The zero-order valence-corrected chi connectivity index (χ0v) is 15.8. The first-order valence-corrected chi connectivity index (χ1v) is 9.66. The van der Waals surface area contributed by atoms with Crippen molar-refractivity contribution in [1.82, 2.24) is 0 Å². The van der Waals surface area contributed by atoms with Crippen LogP contribution in [0.3, 0.4) is 0 Å². The second-order valence-electron chi connectivity index (χ2n) is 7.22. The zero-order valence-electron chi connectivity index (χ0n) is 15.8. The molecule has 5 rings (SSSR count). The van der Waals surface area contributed by atoms with Crippen LogP contribution in [-0.2, 0) is 0 Å². The normalized spacial score (nSPS) is 18.1. The molecule has 0 spiro atoms. The molecule has 0 bridgehead atoms. The molecular formula is C24H22N2O2. The molecule has 3 aromatic rings. The Labute approximate surface area is 165 Å². The first-order chi connectivity index (χ1) is 13.8. The predicted molar refractivity (Wildman–Crippen MR) is 111 cm³/mol. The Balaban J connectivity index is 1.53. The van der Waals surface area contributed by atoms with Gasteiger partial charge in [-0.3, -0.25) is 5.01 Å². The summed E-state index contributed by atoms with van der Waals surface area (Å²) < 4.78 is 11.4. The molecule has 2 aliphatic heterocycles. The minimum absolute atomic E-state index is 0.172. The Morgan fingerprint density at radius 3 is 2.39 bits per heavy atom. The first kappa shape index (κ1) is 16.9. The number of aryl methyl sites for hydroxylation is 1. The van der Waals surface area contributed by atoms with Crippen LogP contribution in [0, 0.1) is 6.92 Å². The monoisotopic (exact) mass is 370 g/mol. The fourth-order valence-corrected chi connectivity index (χ4v) is 3.77. The van der Waals surface area contributed by atoms with Crippen LogP contribution in [0.5, 0.6) is 11.5 Å². The SMILES string of the molecule is Cc1ccc(C2CC(c3ccc4c(c3)OCCO4)=NN2c2ccccc2)cc1. The molecule has 0 saturated heterocycles. The van der Waals surface area contributed by atoms with Gasteiger partial charge in [-0.2, -0.15) is 5.10 Å². The molecule has 3 aromatic carbocycles. The number of ether oxygens (including phenoxy) is 2. The van der Waals surface area contributed by atoms with Crippen LogP contribution in [0.2, 0.25) is 0 Å². The summed E-state index contributed by atoms with van der Waals surface area (Å²) in [6.07, 6.45) is 0.845. The lowest BCUT2D eigenvalue weighted by Crippen LogP contribution is -2.18. The average molecular weight is 370 g/mol. The summed E-state index contributed by atoms with van der Waals surface area (Å²) in [5.41, 5.74) is 5.78. The number of fused-ring (bicyclic) bond motifs is 1. The summed E-state index contributed by atoms with van der Waals surface area (Å²) in [7, 11) is 0. The van der Waals surface area contributed by atoms with E-state index in [0.717, 1.165) is 34.9 Å². The van der Waals surface area contributed by atoms with Crippen molar-refractivity contribution in [2.24, 2.45) is 5.10 Å². The summed E-state index contributed by atoms with van der Waals surface area (Å²) >= 11 is 0.